The van der Waals surface area contributed by atoms with Gasteiger partial charge in [0.25, 0.3) is 5.91 Å². The van der Waals surface area contributed by atoms with Crippen molar-refractivity contribution in [2.24, 2.45) is 5.92 Å². The van der Waals surface area contributed by atoms with Gasteiger partial charge in [0.2, 0.25) is 11.8 Å². The fraction of sp³-hybridized carbons (Fsp3) is 0.600. The molecule has 0 spiro atoms. The number of nitrogens with zero attached hydrogens (tertiary/aromatic N) is 2. The van der Waals surface area contributed by atoms with Gasteiger partial charge in [0.1, 0.15) is 23.2 Å². The van der Waals surface area contributed by atoms with Crippen LogP contribution in [0.25, 0.3) is 0 Å². The number of nitrogens with one attached hydrogen (secondary N) is 3. The predicted octanol–water partition coefficient (Wildman–Crippen LogP) is 3.42. The molecule has 1 saturated heterocycles. The molecular weight excluding hydrogens is 610 g/mol. The first-order valence-electron chi connectivity index (χ1n) is 15.0. The second kappa shape index (κ2) is 13.4. The van der Waals surface area contributed by atoms with Gasteiger partial charge in [-0.3, -0.25) is 18.7 Å². The third-order valence-electron chi connectivity index (χ3n) is 8.10. The van der Waals surface area contributed by atoms with Crippen LogP contribution in [0.3, 0.4) is 0 Å². The van der Waals surface area contributed by atoms with Crippen molar-refractivity contribution in [3.05, 3.63) is 41.4 Å². The molecule has 2 aliphatic heterocycles. The standard InChI is InChI=1S/C30H42ClN5O7S/c1-29(2,3)43-28(40)32-22-15-9-7-5-6-8-13-20-19-30(20,33-25(37)24-17-12-18-36(24)26(22)38)27(39)34-44(41,42)35(4)23-16-11-10-14-21(23)31/h8,10-11,13-14,16,20,22,24H,5-7,9,12,15,17-19H2,1-4H3,(H,32,40)(H,33,37)(H,34,39)/b13-8-/t20-,22+,24+,30-/m1/s1. The monoisotopic (exact) mass is 651 g/mol. The molecule has 4 amide bonds. The van der Waals surface area contributed by atoms with Crippen LogP contribution in [0, 0.1) is 5.92 Å². The van der Waals surface area contributed by atoms with Crippen molar-refractivity contribution >= 4 is 51.3 Å². The summed E-state index contributed by atoms with van der Waals surface area (Å²) in [5, 5.41) is 5.70. The molecule has 3 N–H and O–H groups in total. The quantitative estimate of drug-likeness (QED) is 0.412. The zero-order valence-electron chi connectivity index (χ0n) is 25.6. The molecule has 1 aromatic carbocycles. The molecule has 1 saturated carbocycles. The van der Waals surface area contributed by atoms with Gasteiger partial charge >= 0.3 is 16.3 Å². The highest BCUT2D eigenvalue weighted by Crippen LogP contribution is 2.46. The Bertz CT molecular complexity index is 1410. The Morgan fingerprint density at radius 3 is 2.55 bits per heavy atom. The number of ether oxygens (including phenoxy) is 1. The van der Waals surface area contributed by atoms with E-state index in [1.165, 1.54) is 24.1 Å². The molecule has 1 aromatic rings. The summed E-state index contributed by atoms with van der Waals surface area (Å²) in [6.07, 6.45) is 7.56. The Kier molecular flexibility index (Phi) is 10.2. The Hall–Kier alpha value is -3.32. The summed E-state index contributed by atoms with van der Waals surface area (Å²) in [5.74, 6) is -2.24. The summed E-state index contributed by atoms with van der Waals surface area (Å²) in [5.41, 5.74) is -2.08. The average Bonchev–Trinajstić information content (AvgIpc) is 3.39. The Labute approximate surface area is 264 Å². The number of halogens is 1. The van der Waals surface area contributed by atoms with Crippen molar-refractivity contribution in [3.63, 3.8) is 0 Å². The van der Waals surface area contributed by atoms with E-state index < -0.39 is 63.2 Å². The second-order valence-corrected chi connectivity index (χ2v) is 14.7. The number of allylic oxidation sites excluding steroid dienone is 1. The number of benzene rings is 1. The Morgan fingerprint density at radius 1 is 1.11 bits per heavy atom. The van der Waals surface area contributed by atoms with Crippen LogP contribution in [-0.2, 0) is 29.3 Å². The first kappa shape index (κ1) is 33.6. The minimum absolute atomic E-state index is 0.181. The lowest BCUT2D eigenvalue weighted by molar-refractivity contribution is -0.141. The fourth-order valence-electron chi connectivity index (χ4n) is 5.66. The van der Waals surface area contributed by atoms with Gasteiger partial charge in [-0.1, -0.05) is 48.7 Å². The summed E-state index contributed by atoms with van der Waals surface area (Å²) in [4.78, 5) is 55.1. The van der Waals surface area contributed by atoms with Crippen molar-refractivity contribution in [3.8, 4) is 0 Å². The normalized spacial score (nSPS) is 27.0. The van der Waals surface area contributed by atoms with E-state index in [1.807, 2.05) is 12.2 Å². The zero-order chi connectivity index (χ0) is 32.3. The van der Waals surface area contributed by atoms with Crippen molar-refractivity contribution in [1.29, 1.82) is 0 Å². The van der Waals surface area contributed by atoms with Crippen LogP contribution < -0.4 is 19.7 Å². The van der Waals surface area contributed by atoms with Gasteiger partial charge in [0.05, 0.1) is 10.7 Å². The highest BCUT2D eigenvalue weighted by molar-refractivity contribution is 7.91. The minimum Gasteiger partial charge on any atom is -0.444 e. The molecule has 0 unspecified atom stereocenters. The van der Waals surface area contributed by atoms with Gasteiger partial charge in [-0.05, 0) is 71.4 Å². The number of carbonyl (C=O) groups is 4. The summed E-state index contributed by atoms with van der Waals surface area (Å²) in [6, 6.07) is 4.56. The largest absolute Gasteiger partial charge is 0.444 e. The lowest BCUT2D eigenvalue weighted by Crippen LogP contribution is -2.59. The summed E-state index contributed by atoms with van der Waals surface area (Å²) >= 11 is 6.19. The summed E-state index contributed by atoms with van der Waals surface area (Å²) < 4.78 is 34.8. The van der Waals surface area contributed by atoms with Gasteiger partial charge < -0.3 is 20.3 Å². The third kappa shape index (κ3) is 7.84. The van der Waals surface area contributed by atoms with E-state index in [4.69, 9.17) is 16.3 Å². The van der Waals surface area contributed by atoms with Crippen LogP contribution in [0.15, 0.2) is 36.4 Å². The average molecular weight is 652 g/mol. The third-order valence-corrected chi connectivity index (χ3v) is 9.78. The maximum atomic E-state index is 13.7. The number of carbonyl (C=O) groups excluding carboxylic acids is 4. The van der Waals surface area contributed by atoms with E-state index in [9.17, 15) is 27.6 Å². The van der Waals surface area contributed by atoms with E-state index >= 15 is 0 Å². The van der Waals surface area contributed by atoms with Gasteiger partial charge in [-0.15, -0.1) is 0 Å². The van der Waals surface area contributed by atoms with E-state index in [0.717, 1.165) is 17.1 Å². The van der Waals surface area contributed by atoms with E-state index in [1.54, 1.807) is 32.9 Å². The number of hydrogen-bond donors (Lipinski definition) is 3. The number of rotatable bonds is 5. The number of alkyl carbamates (subject to hydrolysis) is 1. The molecule has 3 aliphatic rings. The number of anilines is 1. The van der Waals surface area contributed by atoms with Crippen LogP contribution in [0.4, 0.5) is 10.5 Å². The highest BCUT2D eigenvalue weighted by atomic mass is 35.5. The number of para-hydroxylation sites is 1. The van der Waals surface area contributed by atoms with Crippen LogP contribution in [0.2, 0.25) is 5.02 Å². The van der Waals surface area contributed by atoms with Crippen LogP contribution >= 0.6 is 11.6 Å². The van der Waals surface area contributed by atoms with Crippen molar-refractivity contribution < 1.29 is 32.3 Å². The molecule has 1 aliphatic carbocycles. The molecule has 12 nitrogen and oxygen atoms in total. The van der Waals surface area contributed by atoms with Crippen molar-refractivity contribution in [2.45, 2.75) is 95.4 Å². The van der Waals surface area contributed by atoms with Crippen LogP contribution in [0.5, 0.6) is 0 Å². The molecule has 44 heavy (non-hydrogen) atoms. The van der Waals surface area contributed by atoms with Gasteiger partial charge in [0, 0.05) is 19.5 Å². The SMILES string of the molecule is CN(c1ccccc1Cl)S(=O)(=O)NC(=O)[C@@]12C[C@H]1/C=C\CCCCC[C@H](NC(=O)OC(C)(C)C)C(=O)N1CCC[C@H]1C(=O)N2. The summed E-state index contributed by atoms with van der Waals surface area (Å²) in [7, 11) is -3.10. The lowest BCUT2D eigenvalue weighted by Gasteiger charge is -2.30. The van der Waals surface area contributed by atoms with Crippen LogP contribution in [0.1, 0.15) is 72.1 Å². The van der Waals surface area contributed by atoms with Crippen molar-refractivity contribution in [1.82, 2.24) is 20.3 Å². The maximum absolute atomic E-state index is 13.7. The van der Waals surface area contributed by atoms with Gasteiger partial charge in [-0.2, -0.15) is 8.42 Å². The van der Waals surface area contributed by atoms with Crippen molar-refractivity contribution in [2.75, 3.05) is 17.9 Å². The minimum atomic E-state index is -4.38. The number of hydrogen-bond acceptors (Lipinski definition) is 7. The fourth-order valence-corrected chi connectivity index (χ4v) is 6.94. The first-order chi connectivity index (χ1) is 20.6. The molecule has 0 bridgehead atoms. The Morgan fingerprint density at radius 2 is 1.84 bits per heavy atom. The molecule has 14 heteroatoms. The molecule has 4 atom stereocenters. The second-order valence-electron chi connectivity index (χ2n) is 12.6. The predicted molar refractivity (Wildman–Crippen MR) is 166 cm³/mol. The maximum Gasteiger partial charge on any atom is 0.408 e. The van der Waals surface area contributed by atoms with E-state index in [2.05, 4.69) is 15.4 Å². The smallest absolute Gasteiger partial charge is 0.408 e. The molecule has 4 rings (SSSR count). The van der Waals surface area contributed by atoms with Crippen LogP contribution in [-0.4, -0.2) is 73.9 Å². The Balaban J connectivity index is 1.56. The molecule has 0 radical (unpaired) electrons. The first-order valence-corrected chi connectivity index (χ1v) is 16.8. The molecule has 0 aromatic heterocycles. The molecule has 2 heterocycles. The number of fused-ring (bicyclic) bond motifs is 2. The summed E-state index contributed by atoms with van der Waals surface area (Å²) in [6.45, 7) is 5.51. The van der Waals surface area contributed by atoms with E-state index in [-0.39, 0.29) is 17.1 Å². The zero-order valence-corrected chi connectivity index (χ0v) is 27.2. The van der Waals surface area contributed by atoms with E-state index in [0.29, 0.717) is 38.6 Å². The molecular formula is C30H42ClN5O7S. The number of amides is 4. The topological polar surface area (TPSA) is 154 Å². The van der Waals surface area contributed by atoms with Gasteiger partial charge in [0.15, 0.2) is 0 Å². The highest BCUT2D eigenvalue weighted by Gasteiger charge is 2.61. The lowest BCUT2D eigenvalue weighted by atomic mass is 10.0. The molecule has 2 fully saturated rings. The van der Waals surface area contributed by atoms with Gasteiger partial charge in [-0.25, -0.2) is 9.52 Å². The molecule has 242 valence electrons.